The van der Waals surface area contributed by atoms with Crippen LogP contribution in [-0.4, -0.2) is 78.3 Å². The van der Waals surface area contributed by atoms with Gasteiger partial charge in [0.1, 0.15) is 11.2 Å². The summed E-state index contributed by atoms with van der Waals surface area (Å²) in [4.78, 5) is 41.6. The van der Waals surface area contributed by atoms with Crippen molar-refractivity contribution in [2.75, 3.05) is 46.3 Å². The number of hydrogen-bond acceptors (Lipinski definition) is 6. The Kier molecular flexibility index (Phi) is 9.52. The van der Waals surface area contributed by atoms with Gasteiger partial charge in [0.25, 0.3) is 11.5 Å². The molecule has 1 aromatic heterocycles. The zero-order valence-electron chi connectivity index (χ0n) is 22.4. The Hall–Kier alpha value is -3.59. The second kappa shape index (κ2) is 12.6. The summed E-state index contributed by atoms with van der Waals surface area (Å²) in [5, 5.41) is 5.88. The van der Waals surface area contributed by atoms with E-state index in [1.165, 1.54) is 7.05 Å². The largest absolute Gasteiger partial charge is 0.444 e. The molecule has 3 rings (SSSR count). The first-order chi connectivity index (χ1) is 17.6. The second-order valence-corrected chi connectivity index (χ2v) is 10.2. The van der Waals surface area contributed by atoms with E-state index in [1.54, 1.807) is 21.7 Å². The van der Waals surface area contributed by atoms with Gasteiger partial charge in [0.05, 0.1) is 6.54 Å². The van der Waals surface area contributed by atoms with E-state index in [9.17, 15) is 14.4 Å². The fraction of sp³-hybridized carbons (Fsp3) is 0.464. The molecular weight excluding hydrogens is 470 g/mol. The Morgan fingerprint density at radius 3 is 2.38 bits per heavy atom. The average Bonchev–Trinajstić information content (AvgIpc) is 2.87. The highest BCUT2D eigenvalue weighted by atomic mass is 16.6. The SMILES string of the molecule is C=C(NCCCN1CCN(C(=O)OC(C)(C)C)CC1)c1cc(C(=O)NC)c(=O)n(Cc2ccccc2)c1. The van der Waals surface area contributed by atoms with E-state index in [0.717, 1.165) is 31.6 Å². The van der Waals surface area contributed by atoms with E-state index < -0.39 is 11.5 Å². The van der Waals surface area contributed by atoms with E-state index in [2.05, 4.69) is 22.1 Å². The number of carbonyl (C=O) groups is 2. The van der Waals surface area contributed by atoms with Crippen molar-refractivity contribution in [2.24, 2.45) is 0 Å². The summed E-state index contributed by atoms with van der Waals surface area (Å²) in [6.07, 6.45) is 2.37. The lowest BCUT2D eigenvalue weighted by molar-refractivity contribution is 0.0144. The molecule has 1 aromatic carbocycles. The first-order valence-corrected chi connectivity index (χ1v) is 12.7. The Morgan fingerprint density at radius 2 is 1.76 bits per heavy atom. The van der Waals surface area contributed by atoms with Crippen LogP contribution in [0.4, 0.5) is 4.79 Å². The van der Waals surface area contributed by atoms with Crippen LogP contribution in [-0.2, 0) is 11.3 Å². The van der Waals surface area contributed by atoms with Crippen LogP contribution in [0.2, 0.25) is 0 Å². The lowest BCUT2D eigenvalue weighted by Gasteiger charge is -2.35. The quantitative estimate of drug-likeness (QED) is 0.505. The van der Waals surface area contributed by atoms with Crippen molar-refractivity contribution in [1.29, 1.82) is 0 Å². The van der Waals surface area contributed by atoms with Gasteiger partial charge in [0, 0.05) is 57.2 Å². The molecule has 37 heavy (non-hydrogen) atoms. The van der Waals surface area contributed by atoms with E-state index in [0.29, 0.717) is 37.4 Å². The van der Waals surface area contributed by atoms with Crippen LogP contribution >= 0.6 is 0 Å². The molecule has 2 N–H and O–H groups in total. The van der Waals surface area contributed by atoms with Crippen molar-refractivity contribution in [2.45, 2.75) is 39.3 Å². The molecule has 0 atom stereocenters. The van der Waals surface area contributed by atoms with E-state index in [-0.39, 0.29) is 17.2 Å². The minimum absolute atomic E-state index is 0.0849. The van der Waals surface area contributed by atoms with Gasteiger partial charge in [-0.15, -0.1) is 0 Å². The van der Waals surface area contributed by atoms with E-state index in [4.69, 9.17) is 4.74 Å². The fourth-order valence-corrected chi connectivity index (χ4v) is 4.12. The zero-order valence-corrected chi connectivity index (χ0v) is 22.4. The molecule has 2 aromatic rings. The molecule has 0 radical (unpaired) electrons. The predicted octanol–water partition coefficient (Wildman–Crippen LogP) is 2.76. The molecule has 1 aliphatic rings. The van der Waals surface area contributed by atoms with Gasteiger partial charge >= 0.3 is 6.09 Å². The minimum atomic E-state index is -0.488. The third-order valence-electron chi connectivity index (χ3n) is 6.12. The number of nitrogens with zero attached hydrogens (tertiary/aromatic N) is 3. The lowest BCUT2D eigenvalue weighted by atomic mass is 10.1. The maximum atomic E-state index is 12.9. The van der Waals surface area contributed by atoms with Gasteiger partial charge in [-0.3, -0.25) is 14.5 Å². The topological polar surface area (TPSA) is 95.9 Å². The Labute approximate surface area is 219 Å². The Bertz CT molecular complexity index is 1150. The van der Waals surface area contributed by atoms with Gasteiger partial charge < -0.3 is 24.8 Å². The molecule has 0 saturated carbocycles. The molecule has 0 unspecified atom stereocenters. The molecule has 2 heterocycles. The lowest BCUT2D eigenvalue weighted by Crippen LogP contribution is -2.50. The van der Waals surface area contributed by atoms with E-state index >= 15 is 0 Å². The highest BCUT2D eigenvalue weighted by molar-refractivity contribution is 5.94. The molecule has 1 saturated heterocycles. The number of hydrogen-bond donors (Lipinski definition) is 2. The summed E-state index contributed by atoms with van der Waals surface area (Å²) in [6.45, 7) is 14.6. The third kappa shape index (κ3) is 8.21. The molecular formula is C28H39N5O4. The van der Waals surface area contributed by atoms with Gasteiger partial charge in [-0.2, -0.15) is 0 Å². The van der Waals surface area contributed by atoms with Gasteiger partial charge in [0.2, 0.25) is 0 Å². The molecule has 9 nitrogen and oxygen atoms in total. The Morgan fingerprint density at radius 1 is 1.08 bits per heavy atom. The van der Waals surface area contributed by atoms with Crippen LogP contribution < -0.4 is 16.2 Å². The molecule has 200 valence electrons. The number of aromatic nitrogens is 1. The van der Waals surface area contributed by atoms with Gasteiger partial charge in [-0.1, -0.05) is 36.9 Å². The smallest absolute Gasteiger partial charge is 0.410 e. The highest BCUT2D eigenvalue weighted by Crippen LogP contribution is 2.13. The van der Waals surface area contributed by atoms with Gasteiger partial charge in [0.15, 0.2) is 0 Å². The minimum Gasteiger partial charge on any atom is -0.444 e. The summed E-state index contributed by atoms with van der Waals surface area (Å²) < 4.78 is 7.01. The normalized spacial score (nSPS) is 14.2. The number of benzene rings is 1. The number of piperazine rings is 1. The van der Waals surface area contributed by atoms with Gasteiger partial charge in [-0.25, -0.2) is 4.79 Å². The maximum absolute atomic E-state index is 12.9. The summed E-state index contributed by atoms with van der Waals surface area (Å²) in [5.74, 6) is -0.424. The maximum Gasteiger partial charge on any atom is 0.410 e. The molecule has 0 spiro atoms. The first kappa shape index (κ1) is 28.0. The highest BCUT2D eigenvalue weighted by Gasteiger charge is 2.25. The number of carbonyl (C=O) groups excluding carboxylic acids is 2. The molecule has 0 bridgehead atoms. The van der Waals surface area contributed by atoms with Crippen LogP contribution in [0.1, 0.15) is 48.7 Å². The molecule has 1 fully saturated rings. The van der Waals surface area contributed by atoms with Crippen LogP contribution in [0.25, 0.3) is 5.70 Å². The van der Waals surface area contributed by atoms with Crippen LogP contribution in [0.5, 0.6) is 0 Å². The van der Waals surface area contributed by atoms with Crippen molar-refractivity contribution in [3.63, 3.8) is 0 Å². The Balaban J connectivity index is 1.54. The van der Waals surface area contributed by atoms with E-state index in [1.807, 2.05) is 51.1 Å². The molecule has 2 amide bonds. The van der Waals surface area contributed by atoms with Crippen molar-refractivity contribution >= 4 is 17.7 Å². The summed E-state index contributed by atoms with van der Waals surface area (Å²) in [6, 6.07) is 11.2. The molecule has 9 heteroatoms. The van der Waals surface area contributed by atoms with Crippen molar-refractivity contribution in [3.8, 4) is 0 Å². The summed E-state index contributed by atoms with van der Waals surface area (Å²) >= 11 is 0. The number of nitrogens with one attached hydrogen (secondary N) is 2. The number of pyridine rings is 1. The monoisotopic (exact) mass is 509 g/mol. The number of amides is 2. The third-order valence-corrected chi connectivity index (χ3v) is 6.12. The van der Waals surface area contributed by atoms with Crippen LogP contribution in [0.3, 0.4) is 0 Å². The van der Waals surface area contributed by atoms with Crippen LogP contribution in [0, 0.1) is 0 Å². The van der Waals surface area contributed by atoms with Crippen LogP contribution in [0.15, 0.2) is 54.0 Å². The molecule has 0 aliphatic carbocycles. The molecule has 1 aliphatic heterocycles. The van der Waals surface area contributed by atoms with Crippen molar-refractivity contribution in [1.82, 2.24) is 25.0 Å². The van der Waals surface area contributed by atoms with Gasteiger partial charge in [-0.05, 0) is 45.4 Å². The number of rotatable bonds is 9. The predicted molar refractivity (Wildman–Crippen MR) is 146 cm³/mol. The summed E-state index contributed by atoms with van der Waals surface area (Å²) in [5.41, 5.74) is 1.57. The van der Waals surface area contributed by atoms with Crippen molar-refractivity contribution in [3.05, 3.63) is 76.2 Å². The average molecular weight is 510 g/mol. The fourth-order valence-electron chi connectivity index (χ4n) is 4.12. The van der Waals surface area contributed by atoms with Crippen molar-refractivity contribution < 1.29 is 14.3 Å². The number of ether oxygens (including phenoxy) is 1. The summed E-state index contributed by atoms with van der Waals surface area (Å²) in [7, 11) is 1.51. The first-order valence-electron chi connectivity index (χ1n) is 12.7. The standard InChI is InChI=1S/C28H39N5O4/c1-21(30-12-9-13-31-14-16-32(17-15-31)27(36)37-28(2,3)4)23-18-24(25(34)29-5)26(35)33(20-23)19-22-10-7-6-8-11-22/h6-8,10-11,18,20,30H,1,9,12-17,19H2,2-5H3,(H,29,34). The second-order valence-electron chi connectivity index (χ2n) is 10.2. The zero-order chi connectivity index (χ0) is 27.0.